The molecule has 0 spiro atoms. The molecule has 0 atom stereocenters. The second-order valence-corrected chi connectivity index (χ2v) is 5.65. The van der Waals surface area contributed by atoms with Gasteiger partial charge in [-0.2, -0.15) is 18.3 Å². The Kier molecular flexibility index (Phi) is 5.21. The van der Waals surface area contributed by atoms with Crippen LogP contribution < -0.4 is 5.32 Å². The van der Waals surface area contributed by atoms with E-state index in [1.165, 1.54) is 7.05 Å². The van der Waals surface area contributed by atoms with Gasteiger partial charge in [0.05, 0.1) is 5.56 Å². The largest absolute Gasteiger partial charge is 0.435 e. The second kappa shape index (κ2) is 6.80. The molecule has 1 N–H and O–H groups in total. The Labute approximate surface area is 140 Å². The molecule has 124 valence electrons. The van der Waals surface area contributed by atoms with Crippen LogP contribution in [0.2, 0.25) is 10.0 Å². The summed E-state index contributed by atoms with van der Waals surface area (Å²) in [7, 11) is 1.32. The van der Waals surface area contributed by atoms with Crippen molar-refractivity contribution in [3.8, 4) is 0 Å². The number of carbonyl (C=O) groups excluding carboxylic acids is 1. The predicted octanol–water partition coefficient (Wildman–Crippen LogP) is 3.72. The molecule has 1 amide bonds. The lowest BCUT2D eigenvalue weighted by molar-refractivity contribution is -0.141. The predicted molar refractivity (Wildman–Crippen MR) is 80.7 cm³/mol. The van der Waals surface area contributed by atoms with E-state index in [-0.39, 0.29) is 6.54 Å². The lowest BCUT2D eigenvalue weighted by Gasteiger charge is -2.08. The van der Waals surface area contributed by atoms with Gasteiger partial charge in [0.2, 0.25) is 0 Å². The first-order valence-corrected chi connectivity index (χ1v) is 7.27. The Bertz CT molecular complexity index is 729. The average molecular weight is 366 g/mol. The maximum absolute atomic E-state index is 12.8. The Balaban J connectivity index is 2.03. The third kappa shape index (κ3) is 4.39. The lowest BCUT2D eigenvalue weighted by atomic mass is 10.1. The van der Waals surface area contributed by atoms with Crippen molar-refractivity contribution < 1.29 is 18.0 Å². The van der Waals surface area contributed by atoms with Gasteiger partial charge in [-0.1, -0.05) is 29.3 Å². The molecular weight excluding hydrogens is 354 g/mol. The number of benzene rings is 1. The van der Waals surface area contributed by atoms with Crippen LogP contribution in [0.15, 0.2) is 24.4 Å². The molecular formula is C14H12Cl2F3N3O. The zero-order valence-electron chi connectivity index (χ0n) is 11.9. The highest BCUT2D eigenvalue weighted by atomic mass is 35.5. The standard InChI is InChI=1S/C14H12Cl2F3N3O/c1-22-7-10(12(21-22)14(17,18)19)13(23)20-5-4-8-2-3-9(15)6-11(8)16/h2-3,6-7H,4-5H2,1H3,(H,20,23). The van der Waals surface area contributed by atoms with Gasteiger partial charge < -0.3 is 5.32 Å². The summed E-state index contributed by atoms with van der Waals surface area (Å²) in [5, 5.41) is 6.63. The SMILES string of the molecule is Cn1cc(C(=O)NCCc2ccc(Cl)cc2Cl)c(C(F)(F)F)n1. The molecule has 0 aliphatic carbocycles. The summed E-state index contributed by atoms with van der Waals surface area (Å²) < 4.78 is 39.4. The number of hydrogen-bond donors (Lipinski definition) is 1. The fourth-order valence-electron chi connectivity index (χ4n) is 1.99. The number of aromatic nitrogens is 2. The fraction of sp³-hybridized carbons (Fsp3) is 0.286. The Morgan fingerprint density at radius 2 is 2.04 bits per heavy atom. The smallest absolute Gasteiger partial charge is 0.352 e. The number of nitrogens with zero attached hydrogens (tertiary/aromatic N) is 2. The summed E-state index contributed by atoms with van der Waals surface area (Å²) in [6, 6.07) is 4.90. The number of nitrogens with one attached hydrogen (secondary N) is 1. The molecule has 0 aliphatic heterocycles. The fourth-order valence-corrected chi connectivity index (χ4v) is 2.50. The first-order valence-electron chi connectivity index (χ1n) is 6.51. The monoisotopic (exact) mass is 365 g/mol. The van der Waals surface area contributed by atoms with Gasteiger partial charge in [0, 0.05) is 29.8 Å². The number of carbonyl (C=O) groups is 1. The highest BCUT2D eigenvalue weighted by molar-refractivity contribution is 6.35. The number of rotatable bonds is 4. The van der Waals surface area contributed by atoms with Crippen molar-refractivity contribution in [1.82, 2.24) is 15.1 Å². The van der Waals surface area contributed by atoms with Gasteiger partial charge in [-0.05, 0) is 24.1 Å². The van der Waals surface area contributed by atoms with Gasteiger partial charge in [-0.25, -0.2) is 0 Å². The molecule has 23 heavy (non-hydrogen) atoms. The van der Waals surface area contributed by atoms with E-state index in [4.69, 9.17) is 23.2 Å². The summed E-state index contributed by atoms with van der Waals surface area (Å²) in [6.07, 6.45) is -3.29. The van der Waals surface area contributed by atoms with E-state index in [0.29, 0.717) is 16.5 Å². The Morgan fingerprint density at radius 1 is 1.35 bits per heavy atom. The van der Waals surface area contributed by atoms with Crippen LogP contribution in [0.1, 0.15) is 21.6 Å². The summed E-state index contributed by atoms with van der Waals surface area (Å²) in [5.74, 6) is -0.837. The summed E-state index contributed by atoms with van der Waals surface area (Å²) >= 11 is 11.8. The van der Waals surface area contributed by atoms with Crippen LogP contribution in [0.3, 0.4) is 0 Å². The minimum absolute atomic E-state index is 0.131. The molecule has 9 heteroatoms. The molecule has 0 aliphatic rings. The maximum Gasteiger partial charge on any atom is 0.435 e. The van der Waals surface area contributed by atoms with E-state index < -0.39 is 23.3 Å². The summed E-state index contributed by atoms with van der Waals surface area (Å²) in [5.41, 5.74) is -0.983. The maximum atomic E-state index is 12.8. The van der Waals surface area contributed by atoms with E-state index in [2.05, 4.69) is 10.4 Å². The highest BCUT2D eigenvalue weighted by Crippen LogP contribution is 2.30. The van der Waals surface area contributed by atoms with Crippen molar-refractivity contribution in [2.75, 3.05) is 6.54 Å². The van der Waals surface area contributed by atoms with Crippen molar-refractivity contribution in [1.29, 1.82) is 0 Å². The molecule has 0 bridgehead atoms. The van der Waals surface area contributed by atoms with Gasteiger partial charge in [-0.15, -0.1) is 0 Å². The van der Waals surface area contributed by atoms with E-state index in [9.17, 15) is 18.0 Å². The lowest BCUT2D eigenvalue weighted by Crippen LogP contribution is -2.27. The number of amides is 1. The van der Waals surface area contributed by atoms with E-state index in [1.807, 2.05) is 0 Å². The molecule has 0 saturated heterocycles. The molecule has 2 rings (SSSR count). The van der Waals surface area contributed by atoms with Crippen molar-refractivity contribution in [2.24, 2.45) is 7.05 Å². The van der Waals surface area contributed by atoms with Gasteiger partial charge in [0.1, 0.15) is 0 Å². The van der Waals surface area contributed by atoms with Gasteiger partial charge in [-0.3, -0.25) is 9.48 Å². The van der Waals surface area contributed by atoms with Crippen LogP contribution in [-0.2, 0) is 19.6 Å². The van der Waals surface area contributed by atoms with Crippen LogP contribution in [0.4, 0.5) is 13.2 Å². The first-order chi connectivity index (χ1) is 10.7. The van der Waals surface area contributed by atoms with Gasteiger partial charge >= 0.3 is 6.18 Å². The quantitative estimate of drug-likeness (QED) is 0.897. The molecule has 4 nitrogen and oxygen atoms in total. The van der Waals surface area contributed by atoms with Crippen LogP contribution in [0.25, 0.3) is 0 Å². The number of halogens is 5. The minimum Gasteiger partial charge on any atom is -0.352 e. The zero-order valence-corrected chi connectivity index (χ0v) is 13.4. The molecule has 0 fully saturated rings. The Hall–Kier alpha value is -1.73. The normalized spacial score (nSPS) is 11.6. The van der Waals surface area contributed by atoms with Crippen LogP contribution in [0.5, 0.6) is 0 Å². The highest BCUT2D eigenvalue weighted by Gasteiger charge is 2.38. The third-order valence-electron chi connectivity index (χ3n) is 3.04. The summed E-state index contributed by atoms with van der Waals surface area (Å²) in [6.45, 7) is 0.131. The molecule has 0 radical (unpaired) electrons. The van der Waals surface area contributed by atoms with Gasteiger partial charge in [0.15, 0.2) is 5.69 Å². The topological polar surface area (TPSA) is 46.9 Å². The van der Waals surface area contributed by atoms with E-state index in [0.717, 1.165) is 16.4 Å². The van der Waals surface area contributed by atoms with E-state index >= 15 is 0 Å². The molecule has 0 unspecified atom stereocenters. The molecule has 1 aromatic carbocycles. The number of hydrogen-bond acceptors (Lipinski definition) is 2. The minimum atomic E-state index is -4.69. The van der Waals surface area contributed by atoms with Gasteiger partial charge in [0.25, 0.3) is 5.91 Å². The van der Waals surface area contributed by atoms with E-state index in [1.54, 1.807) is 18.2 Å². The van der Waals surface area contributed by atoms with Crippen molar-refractivity contribution in [3.63, 3.8) is 0 Å². The molecule has 1 heterocycles. The molecule has 1 aromatic heterocycles. The number of aryl methyl sites for hydroxylation is 1. The first kappa shape index (κ1) is 17.6. The molecule has 2 aromatic rings. The second-order valence-electron chi connectivity index (χ2n) is 4.80. The van der Waals surface area contributed by atoms with Crippen molar-refractivity contribution in [3.05, 3.63) is 51.3 Å². The molecule has 0 saturated carbocycles. The third-order valence-corrected chi connectivity index (χ3v) is 3.62. The van der Waals surface area contributed by atoms with Crippen LogP contribution in [0, 0.1) is 0 Å². The summed E-state index contributed by atoms with van der Waals surface area (Å²) in [4.78, 5) is 11.9. The van der Waals surface area contributed by atoms with Crippen molar-refractivity contribution >= 4 is 29.1 Å². The Morgan fingerprint density at radius 3 is 2.65 bits per heavy atom. The van der Waals surface area contributed by atoms with Crippen molar-refractivity contribution in [2.45, 2.75) is 12.6 Å². The number of alkyl halides is 3. The zero-order chi connectivity index (χ0) is 17.2. The van der Waals surface area contributed by atoms with Crippen LogP contribution >= 0.6 is 23.2 Å². The van der Waals surface area contributed by atoms with Crippen LogP contribution in [-0.4, -0.2) is 22.2 Å². The average Bonchev–Trinajstić information content (AvgIpc) is 2.83.